The summed E-state index contributed by atoms with van der Waals surface area (Å²) < 4.78 is 40.0. The second-order valence-corrected chi connectivity index (χ2v) is 5.43. The van der Waals surface area contributed by atoms with Gasteiger partial charge in [-0.25, -0.2) is 4.79 Å². The Bertz CT molecular complexity index is 1070. The summed E-state index contributed by atoms with van der Waals surface area (Å²) >= 11 is 0. The minimum atomic E-state index is -4.69. The molecule has 0 bridgehead atoms. The fourth-order valence-electron chi connectivity index (χ4n) is 2.39. The van der Waals surface area contributed by atoms with Gasteiger partial charge in [-0.15, -0.1) is 0 Å². The van der Waals surface area contributed by atoms with E-state index in [1.807, 2.05) is 0 Å². The largest absolute Gasteiger partial charge is 0.431 e. The Labute approximate surface area is 149 Å². The van der Waals surface area contributed by atoms with Crippen LogP contribution in [0.25, 0.3) is 17.8 Å². The molecule has 0 spiro atoms. The number of rotatable bonds is 4. The molecule has 3 aromatic rings. The van der Waals surface area contributed by atoms with Crippen LogP contribution < -0.4 is 5.69 Å². The van der Waals surface area contributed by atoms with Gasteiger partial charge in [0.1, 0.15) is 5.69 Å². The van der Waals surface area contributed by atoms with Crippen molar-refractivity contribution in [1.29, 1.82) is 0 Å². The normalized spacial score (nSPS) is 11.8. The number of aromatic nitrogens is 3. The van der Waals surface area contributed by atoms with Crippen LogP contribution in [0.5, 0.6) is 0 Å². The lowest BCUT2D eigenvalue weighted by atomic mass is 10.2. The molecule has 138 valence electrons. The van der Waals surface area contributed by atoms with E-state index >= 15 is 0 Å². The lowest BCUT2D eigenvalue weighted by Gasteiger charge is -2.07. The second-order valence-electron chi connectivity index (χ2n) is 5.43. The maximum absolute atomic E-state index is 12.8. The highest BCUT2D eigenvalue weighted by Crippen LogP contribution is 2.27. The van der Waals surface area contributed by atoms with Crippen molar-refractivity contribution < 1.29 is 18.1 Å². The van der Waals surface area contributed by atoms with Crippen molar-refractivity contribution in [2.75, 3.05) is 0 Å². The molecule has 0 saturated heterocycles. The smallest absolute Gasteiger partial charge is 0.317 e. The maximum atomic E-state index is 12.8. The Kier molecular flexibility index (Phi) is 4.63. The first-order chi connectivity index (χ1) is 12.7. The molecule has 0 saturated carbocycles. The predicted octanol–water partition coefficient (Wildman–Crippen LogP) is 3.66. The van der Waals surface area contributed by atoms with Crippen LogP contribution >= 0.6 is 0 Å². The van der Waals surface area contributed by atoms with Crippen LogP contribution in [-0.2, 0) is 6.18 Å². The standard InChI is InChI=1S/C17H11F3N4O3/c18-17(19,20)15-10-11(21-16(25)22-15)3-4-12-2-1-9-23(12)13-5-7-14(8-6-13)24(26)27/h1-10H,(H,21,22,25). The number of alkyl halides is 3. The minimum Gasteiger partial charge on any atom is -0.317 e. The first kappa shape index (κ1) is 18.1. The number of nitrogens with zero attached hydrogens (tertiary/aromatic N) is 3. The molecule has 1 aromatic carbocycles. The van der Waals surface area contributed by atoms with E-state index in [9.17, 15) is 28.1 Å². The minimum absolute atomic E-state index is 0.0598. The van der Waals surface area contributed by atoms with E-state index in [2.05, 4.69) is 4.98 Å². The Morgan fingerprint density at radius 3 is 2.48 bits per heavy atom. The highest BCUT2D eigenvalue weighted by molar-refractivity contribution is 5.67. The molecule has 0 aliphatic heterocycles. The summed E-state index contributed by atoms with van der Waals surface area (Å²) in [7, 11) is 0. The van der Waals surface area contributed by atoms with Crippen LogP contribution in [0.2, 0.25) is 0 Å². The number of nitrogens with one attached hydrogen (secondary N) is 1. The molecule has 0 fully saturated rings. The Balaban J connectivity index is 1.92. The van der Waals surface area contributed by atoms with Gasteiger partial charge in [0.2, 0.25) is 0 Å². The summed E-state index contributed by atoms with van der Waals surface area (Å²) in [5.41, 5.74) is -1.29. The van der Waals surface area contributed by atoms with E-state index in [4.69, 9.17) is 0 Å². The number of non-ortho nitro benzene ring substituents is 1. The molecular weight excluding hydrogens is 365 g/mol. The third-order valence-corrected chi connectivity index (χ3v) is 3.61. The number of hydrogen-bond acceptors (Lipinski definition) is 4. The molecule has 10 heteroatoms. The van der Waals surface area contributed by atoms with Gasteiger partial charge in [-0.05, 0) is 42.5 Å². The van der Waals surface area contributed by atoms with E-state index < -0.39 is 22.5 Å². The van der Waals surface area contributed by atoms with Gasteiger partial charge in [0, 0.05) is 29.7 Å². The van der Waals surface area contributed by atoms with Gasteiger partial charge < -0.3 is 9.55 Å². The average molecular weight is 376 g/mol. The molecule has 0 atom stereocenters. The summed E-state index contributed by atoms with van der Waals surface area (Å²) in [6.45, 7) is 0. The highest BCUT2D eigenvalue weighted by atomic mass is 19.4. The summed E-state index contributed by atoms with van der Waals surface area (Å²) in [5, 5.41) is 10.7. The molecular formula is C17H11F3N4O3. The van der Waals surface area contributed by atoms with E-state index in [0.29, 0.717) is 11.4 Å². The molecule has 3 rings (SSSR count). The predicted molar refractivity (Wildman–Crippen MR) is 91.2 cm³/mol. The number of H-pyrrole nitrogens is 1. The van der Waals surface area contributed by atoms with Gasteiger partial charge >= 0.3 is 11.9 Å². The molecule has 0 aliphatic rings. The first-order valence-electron chi connectivity index (χ1n) is 7.53. The average Bonchev–Trinajstić information content (AvgIpc) is 3.07. The Morgan fingerprint density at radius 1 is 1.15 bits per heavy atom. The Hall–Kier alpha value is -3.69. The maximum Gasteiger partial charge on any atom is 0.431 e. The van der Waals surface area contributed by atoms with Gasteiger partial charge in [-0.2, -0.15) is 18.2 Å². The van der Waals surface area contributed by atoms with Crippen LogP contribution in [-0.4, -0.2) is 19.5 Å². The second kappa shape index (κ2) is 6.90. The monoisotopic (exact) mass is 376 g/mol. The van der Waals surface area contributed by atoms with E-state index in [0.717, 1.165) is 6.07 Å². The lowest BCUT2D eigenvalue weighted by molar-refractivity contribution is -0.384. The third kappa shape index (κ3) is 4.11. The quantitative estimate of drug-likeness (QED) is 0.555. The molecule has 0 unspecified atom stereocenters. The van der Waals surface area contributed by atoms with Crippen molar-refractivity contribution in [1.82, 2.24) is 14.5 Å². The molecule has 2 heterocycles. The molecule has 0 amide bonds. The Morgan fingerprint density at radius 2 is 1.85 bits per heavy atom. The van der Waals surface area contributed by atoms with Crippen LogP contribution in [0.15, 0.2) is 53.5 Å². The van der Waals surface area contributed by atoms with Crippen molar-refractivity contribution >= 4 is 17.8 Å². The molecule has 0 aliphatic carbocycles. The molecule has 2 aromatic heterocycles. The zero-order valence-electron chi connectivity index (χ0n) is 13.5. The number of aromatic amines is 1. The fraction of sp³-hybridized carbons (Fsp3) is 0.0588. The van der Waals surface area contributed by atoms with Crippen LogP contribution in [0.3, 0.4) is 0 Å². The van der Waals surface area contributed by atoms with Crippen molar-refractivity contribution in [3.63, 3.8) is 0 Å². The van der Waals surface area contributed by atoms with E-state index in [-0.39, 0.29) is 11.4 Å². The molecule has 1 N–H and O–H groups in total. The summed E-state index contributed by atoms with van der Waals surface area (Å²) in [6, 6.07) is 9.90. The van der Waals surface area contributed by atoms with Crippen molar-refractivity contribution in [2.45, 2.75) is 6.18 Å². The first-order valence-corrected chi connectivity index (χ1v) is 7.53. The fourth-order valence-corrected chi connectivity index (χ4v) is 2.39. The number of benzene rings is 1. The van der Waals surface area contributed by atoms with Gasteiger partial charge in [-0.1, -0.05) is 0 Å². The lowest BCUT2D eigenvalue weighted by Crippen LogP contribution is -2.19. The van der Waals surface area contributed by atoms with Crippen molar-refractivity contribution in [3.05, 3.63) is 86.3 Å². The van der Waals surface area contributed by atoms with Gasteiger partial charge in [-0.3, -0.25) is 10.1 Å². The number of halogens is 3. The van der Waals surface area contributed by atoms with Gasteiger partial charge in [0.25, 0.3) is 5.69 Å². The van der Waals surface area contributed by atoms with Gasteiger partial charge in [0.15, 0.2) is 0 Å². The molecule has 0 radical (unpaired) electrons. The zero-order valence-corrected chi connectivity index (χ0v) is 13.5. The molecule has 7 nitrogen and oxygen atoms in total. The SMILES string of the molecule is O=c1nc(C=Cc2cccn2-c2ccc([N+](=O)[O-])cc2)cc(C(F)(F)F)[nH]1. The van der Waals surface area contributed by atoms with Crippen LogP contribution in [0.4, 0.5) is 18.9 Å². The highest BCUT2D eigenvalue weighted by Gasteiger charge is 2.32. The van der Waals surface area contributed by atoms with Crippen LogP contribution in [0.1, 0.15) is 17.1 Å². The summed E-state index contributed by atoms with van der Waals surface area (Å²) in [5.74, 6) is 0. The number of nitro groups is 1. The number of nitro benzene ring substituents is 1. The third-order valence-electron chi connectivity index (χ3n) is 3.61. The molecule has 27 heavy (non-hydrogen) atoms. The number of hydrogen-bond donors (Lipinski definition) is 1. The zero-order chi connectivity index (χ0) is 19.6. The van der Waals surface area contributed by atoms with E-state index in [1.54, 1.807) is 40.0 Å². The summed E-state index contributed by atoms with van der Waals surface area (Å²) in [4.78, 5) is 26.7. The van der Waals surface area contributed by atoms with E-state index in [1.165, 1.54) is 24.3 Å². The van der Waals surface area contributed by atoms with Crippen molar-refractivity contribution in [2.24, 2.45) is 0 Å². The summed E-state index contributed by atoms with van der Waals surface area (Å²) in [6.07, 6.45) is -0.234. The topological polar surface area (TPSA) is 93.8 Å². The van der Waals surface area contributed by atoms with Gasteiger partial charge in [0.05, 0.1) is 10.6 Å². The van der Waals surface area contributed by atoms with Crippen LogP contribution in [0, 0.1) is 10.1 Å². The van der Waals surface area contributed by atoms with Crippen molar-refractivity contribution in [3.8, 4) is 5.69 Å².